The molecule has 0 bridgehead atoms. The lowest BCUT2D eigenvalue weighted by Crippen LogP contribution is -2.42. The molecule has 1 N–H and O–H groups in total. The summed E-state index contributed by atoms with van der Waals surface area (Å²) in [4.78, 5) is 27.2. The molecule has 6 heteroatoms. The monoisotopic (exact) mass is 311 g/mol. The number of halogens is 1. The lowest BCUT2D eigenvalue weighted by atomic mass is 10.3. The first-order valence-corrected chi connectivity index (χ1v) is 7.17. The molecule has 1 rings (SSSR count). The van der Waals surface area contributed by atoms with Crippen LogP contribution in [-0.4, -0.2) is 54.8 Å². The third kappa shape index (κ3) is 5.73. The van der Waals surface area contributed by atoms with Gasteiger partial charge in [-0.15, -0.1) is 0 Å². The molecule has 0 heterocycles. The molecule has 0 saturated heterocycles. The number of carbonyl (C=O) groups is 2. The number of hydrogen-bond acceptors (Lipinski definition) is 3. The topological polar surface area (TPSA) is 52.7 Å². The number of likely N-dealkylation sites (N-methyl/N-ethyl adjacent to an activating group) is 2. The molecule has 2 amide bonds. The van der Waals surface area contributed by atoms with Crippen molar-refractivity contribution in [2.24, 2.45) is 0 Å². The molecule has 0 spiro atoms. The highest BCUT2D eigenvalue weighted by atomic mass is 35.5. The summed E-state index contributed by atoms with van der Waals surface area (Å²) in [6, 6.07) is 7.18. The molecule has 0 radical (unpaired) electrons. The first-order valence-electron chi connectivity index (χ1n) is 6.80. The maximum absolute atomic E-state index is 11.9. The summed E-state index contributed by atoms with van der Waals surface area (Å²) < 4.78 is 0. The van der Waals surface area contributed by atoms with Crippen LogP contribution in [0.5, 0.6) is 0 Å². The van der Waals surface area contributed by atoms with Crippen molar-refractivity contribution in [2.45, 2.75) is 19.9 Å². The van der Waals surface area contributed by atoms with Crippen molar-refractivity contribution in [3.8, 4) is 0 Å². The largest absolute Gasteiger partial charge is 0.342 e. The predicted octanol–water partition coefficient (Wildman–Crippen LogP) is 2.08. The first-order chi connectivity index (χ1) is 9.81. The van der Waals surface area contributed by atoms with Gasteiger partial charge >= 0.3 is 0 Å². The number of carbonyl (C=O) groups excluding carboxylic acids is 2. The molecular formula is C15H22ClN3O2. The average Bonchev–Trinajstić information content (AvgIpc) is 2.39. The van der Waals surface area contributed by atoms with E-state index >= 15 is 0 Å². The van der Waals surface area contributed by atoms with Gasteiger partial charge in [0.2, 0.25) is 11.8 Å². The zero-order chi connectivity index (χ0) is 16.0. The summed E-state index contributed by atoms with van der Waals surface area (Å²) in [5.74, 6) is -0.219. The first kappa shape index (κ1) is 17.5. The van der Waals surface area contributed by atoms with E-state index in [9.17, 15) is 9.59 Å². The van der Waals surface area contributed by atoms with Crippen molar-refractivity contribution >= 4 is 29.1 Å². The summed E-state index contributed by atoms with van der Waals surface area (Å²) in [6.07, 6.45) is 0. The molecule has 0 aromatic heterocycles. The Morgan fingerprint density at radius 1 is 1.19 bits per heavy atom. The number of amides is 2. The van der Waals surface area contributed by atoms with Gasteiger partial charge in [-0.2, -0.15) is 0 Å². The second kappa shape index (κ2) is 8.00. The summed E-state index contributed by atoms with van der Waals surface area (Å²) >= 11 is 5.98. The smallest absolute Gasteiger partial charge is 0.238 e. The predicted molar refractivity (Wildman–Crippen MR) is 85.5 cm³/mol. The van der Waals surface area contributed by atoms with E-state index in [2.05, 4.69) is 5.32 Å². The minimum Gasteiger partial charge on any atom is -0.342 e. The lowest BCUT2D eigenvalue weighted by Gasteiger charge is -2.24. The number of nitrogens with one attached hydrogen (secondary N) is 1. The molecule has 1 aromatic carbocycles. The average molecular weight is 312 g/mol. The third-order valence-electron chi connectivity index (χ3n) is 3.13. The highest BCUT2D eigenvalue weighted by molar-refractivity contribution is 6.33. The van der Waals surface area contributed by atoms with Crippen molar-refractivity contribution in [3.05, 3.63) is 29.3 Å². The number of nitrogens with zero attached hydrogens (tertiary/aromatic N) is 2. The Morgan fingerprint density at radius 2 is 1.81 bits per heavy atom. The van der Waals surface area contributed by atoms with Crippen LogP contribution in [0.25, 0.3) is 0 Å². The summed E-state index contributed by atoms with van der Waals surface area (Å²) in [5, 5.41) is 3.22. The van der Waals surface area contributed by atoms with Crippen LogP contribution >= 0.6 is 11.6 Å². The Labute approximate surface area is 130 Å². The van der Waals surface area contributed by atoms with E-state index in [0.717, 1.165) is 0 Å². The fourth-order valence-corrected chi connectivity index (χ4v) is 1.87. The zero-order valence-electron chi connectivity index (χ0n) is 12.9. The summed E-state index contributed by atoms with van der Waals surface area (Å²) in [7, 11) is 3.49. The van der Waals surface area contributed by atoms with E-state index < -0.39 is 0 Å². The number of anilines is 1. The van der Waals surface area contributed by atoms with Crippen LogP contribution in [0.2, 0.25) is 5.02 Å². The van der Waals surface area contributed by atoms with E-state index in [0.29, 0.717) is 10.7 Å². The van der Waals surface area contributed by atoms with Crippen LogP contribution in [0.4, 0.5) is 5.69 Å². The maximum atomic E-state index is 11.9. The molecular weight excluding hydrogens is 290 g/mol. The van der Waals surface area contributed by atoms with Crippen LogP contribution in [-0.2, 0) is 9.59 Å². The van der Waals surface area contributed by atoms with Gasteiger partial charge in [0, 0.05) is 13.1 Å². The van der Waals surface area contributed by atoms with Gasteiger partial charge in [-0.3, -0.25) is 14.5 Å². The van der Waals surface area contributed by atoms with Crippen LogP contribution < -0.4 is 5.32 Å². The number of para-hydroxylation sites is 1. The van der Waals surface area contributed by atoms with Crippen LogP contribution in [0, 0.1) is 0 Å². The molecule has 0 fully saturated rings. The Hall–Kier alpha value is -1.59. The van der Waals surface area contributed by atoms with Gasteiger partial charge < -0.3 is 10.2 Å². The molecule has 0 aliphatic heterocycles. The summed E-state index contributed by atoms with van der Waals surface area (Å²) in [5.41, 5.74) is 0.572. The van der Waals surface area contributed by atoms with Gasteiger partial charge in [-0.05, 0) is 33.0 Å². The van der Waals surface area contributed by atoms with E-state index in [-0.39, 0.29) is 30.9 Å². The second-order valence-corrected chi connectivity index (χ2v) is 5.71. The molecule has 116 valence electrons. The van der Waals surface area contributed by atoms with Crippen LogP contribution in [0.3, 0.4) is 0 Å². The van der Waals surface area contributed by atoms with E-state index in [1.165, 1.54) is 0 Å². The van der Waals surface area contributed by atoms with Crippen LogP contribution in [0.15, 0.2) is 24.3 Å². The molecule has 21 heavy (non-hydrogen) atoms. The molecule has 0 aliphatic rings. The molecule has 5 nitrogen and oxygen atoms in total. The van der Waals surface area contributed by atoms with Gasteiger partial charge in [0.05, 0.1) is 23.8 Å². The molecule has 1 aromatic rings. The van der Waals surface area contributed by atoms with Crippen molar-refractivity contribution < 1.29 is 9.59 Å². The van der Waals surface area contributed by atoms with Crippen molar-refractivity contribution in [3.63, 3.8) is 0 Å². The van der Waals surface area contributed by atoms with Gasteiger partial charge in [-0.1, -0.05) is 23.7 Å². The standard InChI is InChI=1S/C15H22ClN3O2/c1-11(2)19(4)15(21)10-18(3)9-14(20)17-13-8-6-5-7-12(13)16/h5-8,11H,9-10H2,1-4H3,(H,17,20). The quantitative estimate of drug-likeness (QED) is 0.875. The van der Waals surface area contributed by atoms with Gasteiger partial charge in [0.25, 0.3) is 0 Å². The highest BCUT2D eigenvalue weighted by Crippen LogP contribution is 2.20. The number of rotatable bonds is 6. The van der Waals surface area contributed by atoms with Gasteiger partial charge in [0.15, 0.2) is 0 Å². The zero-order valence-corrected chi connectivity index (χ0v) is 13.6. The molecule has 0 unspecified atom stereocenters. The third-order valence-corrected chi connectivity index (χ3v) is 3.46. The SMILES string of the molecule is CC(C)N(C)C(=O)CN(C)CC(=O)Nc1ccccc1Cl. The van der Waals surface area contributed by atoms with Crippen molar-refractivity contribution in [2.75, 3.05) is 32.5 Å². The van der Waals surface area contributed by atoms with Crippen molar-refractivity contribution in [1.82, 2.24) is 9.80 Å². The fourth-order valence-electron chi connectivity index (χ4n) is 1.68. The molecule has 0 atom stereocenters. The molecule has 0 saturated carbocycles. The van der Waals surface area contributed by atoms with E-state index in [1.54, 1.807) is 48.2 Å². The van der Waals surface area contributed by atoms with E-state index in [4.69, 9.17) is 11.6 Å². The Morgan fingerprint density at radius 3 is 2.38 bits per heavy atom. The summed E-state index contributed by atoms with van der Waals surface area (Å²) in [6.45, 7) is 4.22. The minimum atomic E-state index is -0.203. The highest BCUT2D eigenvalue weighted by Gasteiger charge is 2.16. The van der Waals surface area contributed by atoms with Crippen molar-refractivity contribution in [1.29, 1.82) is 0 Å². The second-order valence-electron chi connectivity index (χ2n) is 5.30. The minimum absolute atomic E-state index is 0.0157. The molecule has 0 aliphatic carbocycles. The van der Waals surface area contributed by atoms with E-state index in [1.807, 2.05) is 13.8 Å². The number of benzene rings is 1. The van der Waals surface area contributed by atoms with Gasteiger partial charge in [-0.25, -0.2) is 0 Å². The Bertz CT molecular complexity index is 505. The lowest BCUT2D eigenvalue weighted by molar-refractivity contribution is -0.132. The maximum Gasteiger partial charge on any atom is 0.238 e. The number of hydrogen-bond donors (Lipinski definition) is 1. The van der Waals surface area contributed by atoms with Crippen LogP contribution in [0.1, 0.15) is 13.8 Å². The fraction of sp³-hybridized carbons (Fsp3) is 0.467. The Balaban J connectivity index is 2.48. The Kier molecular flexibility index (Phi) is 6.65. The van der Waals surface area contributed by atoms with Gasteiger partial charge in [0.1, 0.15) is 0 Å². The normalized spacial score (nSPS) is 10.8.